The van der Waals surface area contributed by atoms with Crippen molar-refractivity contribution in [1.29, 1.82) is 0 Å². The van der Waals surface area contributed by atoms with Crippen molar-refractivity contribution in [2.45, 2.75) is 32.9 Å². The molecule has 0 N–H and O–H groups in total. The minimum absolute atomic E-state index is 0.230. The number of benzene rings is 2. The highest BCUT2D eigenvalue weighted by molar-refractivity contribution is 6.30. The van der Waals surface area contributed by atoms with Crippen molar-refractivity contribution in [3.05, 3.63) is 102 Å². The van der Waals surface area contributed by atoms with Crippen molar-refractivity contribution in [3.63, 3.8) is 0 Å². The number of furan rings is 1. The zero-order chi connectivity index (χ0) is 29.0. The molecule has 0 aliphatic carbocycles. The highest BCUT2D eigenvalue weighted by Crippen LogP contribution is 2.28. The van der Waals surface area contributed by atoms with Crippen molar-refractivity contribution in [1.82, 2.24) is 9.88 Å². The van der Waals surface area contributed by atoms with Gasteiger partial charge in [-0.25, -0.2) is 4.79 Å². The van der Waals surface area contributed by atoms with Gasteiger partial charge in [-0.3, -0.25) is 14.7 Å². The van der Waals surface area contributed by atoms with Crippen molar-refractivity contribution >= 4 is 35.0 Å². The van der Waals surface area contributed by atoms with Crippen LogP contribution in [-0.2, 0) is 11.3 Å². The summed E-state index contributed by atoms with van der Waals surface area (Å²) in [6.07, 6.45) is 1.43. The molecule has 0 spiro atoms. The lowest BCUT2D eigenvalue weighted by Gasteiger charge is -2.37. The first-order chi connectivity index (χ1) is 19.7. The number of pyridine rings is 1. The summed E-state index contributed by atoms with van der Waals surface area (Å²) >= 11 is 6.02. The first kappa shape index (κ1) is 28.2. The Kier molecular flexibility index (Phi) is 8.31. The number of anilines is 2. The number of carbonyl (C=O) groups excluding carboxylic acids is 2. The van der Waals surface area contributed by atoms with Crippen LogP contribution >= 0.6 is 11.6 Å². The van der Waals surface area contributed by atoms with E-state index in [4.69, 9.17) is 20.8 Å². The first-order valence-electron chi connectivity index (χ1n) is 13.6. The predicted octanol–water partition coefficient (Wildman–Crippen LogP) is 6.90. The monoisotopic (exact) mass is 572 g/mol. The number of hydrogen-bond acceptors (Lipinski definition) is 6. The van der Waals surface area contributed by atoms with E-state index in [1.807, 2.05) is 75.4 Å². The highest BCUT2D eigenvalue weighted by Gasteiger charge is 2.27. The van der Waals surface area contributed by atoms with E-state index in [1.165, 1.54) is 0 Å². The Morgan fingerprint density at radius 1 is 0.927 bits per heavy atom. The Balaban J connectivity index is 1.32. The topological polar surface area (TPSA) is 79.1 Å². The quantitative estimate of drug-likeness (QED) is 0.250. The highest BCUT2D eigenvalue weighted by atomic mass is 35.5. The van der Waals surface area contributed by atoms with Gasteiger partial charge in [-0.2, -0.15) is 0 Å². The van der Waals surface area contributed by atoms with Crippen LogP contribution in [0.15, 0.2) is 89.5 Å². The van der Waals surface area contributed by atoms with E-state index in [2.05, 4.69) is 9.88 Å². The molecule has 1 aliphatic rings. The number of carbonyl (C=O) groups is 2. The average molecular weight is 573 g/mol. The number of rotatable bonds is 6. The molecule has 0 unspecified atom stereocenters. The normalized spacial score (nSPS) is 13.7. The standard InChI is InChI=1S/C32H33ClN4O4/c1-32(2,3)41-31(39)36-20-18-35(19-21-36)26-11-13-27(14-12-26)37(22-25-6-4-5-17-34-25)30(38)29-16-15-28(40-29)23-7-9-24(33)10-8-23/h4-17H,18-22H2,1-3H3. The summed E-state index contributed by atoms with van der Waals surface area (Å²) in [6.45, 7) is 8.43. The van der Waals surface area contributed by atoms with Crippen LogP contribution in [0, 0.1) is 0 Å². The third-order valence-electron chi connectivity index (χ3n) is 6.69. The van der Waals surface area contributed by atoms with Crippen LogP contribution in [0.2, 0.25) is 5.02 Å². The molecule has 2 amide bonds. The van der Waals surface area contributed by atoms with E-state index in [0.29, 0.717) is 37.0 Å². The molecule has 41 heavy (non-hydrogen) atoms. The predicted molar refractivity (Wildman–Crippen MR) is 160 cm³/mol. The van der Waals surface area contributed by atoms with Gasteiger partial charge in [0.15, 0.2) is 5.76 Å². The summed E-state index contributed by atoms with van der Waals surface area (Å²) in [4.78, 5) is 36.2. The van der Waals surface area contributed by atoms with Gasteiger partial charge in [0.05, 0.1) is 12.2 Å². The number of amides is 2. The van der Waals surface area contributed by atoms with Crippen LogP contribution in [0.4, 0.5) is 16.2 Å². The van der Waals surface area contributed by atoms with Crippen LogP contribution < -0.4 is 9.80 Å². The van der Waals surface area contributed by atoms with E-state index in [-0.39, 0.29) is 24.3 Å². The fraction of sp³-hybridized carbons (Fsp3) is 0.281. The summed E-state index contributed by atoms with van der Waals surface area (Å²) in [6, 6.07) is 24.2. The van der Waals surface area contributed by atoms with Gasteiger partial charge in [-0.05, 0) is 93.6 Å². The molecule has 2 aromatic carbocycles. The molecule has 1 aliphatic heterocycles. The van der Waals surface area contributed by atoms with Crippen molar-refractivity contribution < 1.29 is 18.7 Å². The van der Waals surface area contributed by atoms with Crippen molar-refractivity contribution in [2.75, 3.05) is 36.0 Å². The fourth-order valence-corrected chi connectivity index (χ4v) is 4.73. The number of ether oxygens (including phenoxy) is 1. The Hall–Kier alpha value is -4.30. The number of piperazine rings is 1. The Labute approximate surface area is 245 Å². The zero-order valence-electron chi connectivity index (χ0n) is 23.4. The lowest BCUT2D eigenvalue weighted by molar-refractivity contribution is 0.0240. The fourth-order valence-electron chi connectivity index (χ4n) is 4.61. The third-order valence-corrected chi connectivity index (χ3v) is 6.95. The summed E-state index contributed by atoms with van der Waals surface area (Å²) < 4.78 is 11.5. The largest absolute Gasteiger partial charge is 0.451 e. The molecular weight excluding hydrogens is 540 g/mol. The average Bonchev–Trinajstić information content (AvgIpc) is 3.46. The third kappa shape index (κ3) is 7.08. The van der Waals surface area contributed by atoms with Crippen molar-refractivity contribution in [2.24, 2.45) is 0 Å². The molecule has 5 rings (SSSR count). The molecule has 2 aromatic heterocycles. The van der Waals surface area contributed by atoms with Gasteiger partial charge in [-0.15, -0.1) is 0 Å². The second-order valence-electron chi connectivity index (χ2n) is 10.9. The lowest BCUT2D eigenvalue weighted by Crippen LogP contribution is -2.50. The maximum atomic E-state index is 13.8. The second kappa shape index (κ2) is 12.1. The number of hydrogen-bond donors (Lipinski definition) is 0. The van der Waals surface area contributed by atoms with Crippen LogP contribution in [0.3, 0.4) is 0 Å². The molecule has 3 heterocycles. The van der Waals surface area contributed by atoms with Crippen LogP contribution in [-0.4, -0.2) is 53.7 Å². The zero-order valence-corrected chi connectivity index (χ0v) is 24.2. The summed E-state index contributed by atoms with van der Waals surface area (Å²) in [5.41, 5.74) is 2.82. The summed E-state index contributed by atoms with van der Waals surface area (Å²) in [5.74, 6) is 0.548. The first-order valence-corrected chi connectivity index (χ1v) is 13.9. The van der Waals surface area contributed by atoms with Gasteiger partial charge in [-0.1, -0.05) is 17.7 Å². The van der Waals surface area contributed by atoms with Gasteiger partial charge >= 0.3 is 6.09 Å². The van der Waals surface area contributed by atoms with Gasteiger partial charge in [0.1, 0.15) is 11.4 Å². The molecule has 9 heteroatoms. The molecule has 0 atom stereocenters. The Bertz CT molecular complexity index is 1470. The maximum absolute atomic E-state index is 13.8. The minimum Gasteiger partial charge on any atom is -0.451 e. The number of aromatic nitrogens is 1. The number of halogens is 1. The van der Waals surface area contributed by atoms with Crippen molar-refractivity contribution in [3.8, 4) is 11.3 Å². The maximum Gasteiger partial charge on any atom is 0.410 e. The van der Waals surface area contributed by atoms with E-state index < -0.39 is 5.60 Å². The molecule has 0 radical (unpaired) electrons. The van der Waals surface area contributed by atoms with Gasteiger partial charge in [0.2, 0.25) is 0 Å². The van der Waals surface area contributed by atoms with E-state index in [1.54, 1.807) is 40.3 Å². The van der Waals surface area contributed by atoms with Gasteiger partial charge in [0, 0.05) is 54.3 Å². The van der Waals surface area contributed by atoms with E-state index in [0.717, 1.165) is 22.6 Å². The van der Waals surface area contributed by atoms with Crippen LogP contribution in [0.5, 0.6) is 0 Å². The van der Waals surface area contributed by atoms with Crippen LogP contribution in [0.25, 0.3) is 11.3 Å². The molecule has 212 valence electrons. The van der Waals surface area contributed by atoms with Gasteiger partial charge < -0.3 is 19.0 Å². The molecule has 1 fully saturated rings. The van der Waals surface area contributed by atoms with E-state index >= 15 is 0 Å². The molecule has 0 saturated carbocycles. The van der Waals surface area contributed by atoms with Crippen LogP contribution in [0.1, 0.15) is 37.0 Å². The molecular formula is C32H33ClN4O4. The summed E-state index contributed by atoms with van der Waals surface area (Å²) in [5, 5.41) is 0.631. The van der Waals surface area contributed by atoms with Gasteiger partial charge in [0.25, 0.3) is 5.91 Å². The smallest absolute Gasteiger partial charge is 0.410 e. The minimum atomic E-state index is -0.518. The molecule has 0 bridgehead atoms. The molecule has 4 aromatic rings. The Morgan fingerprint density at radius 3 is 2.27 bits per heavy atom. The second-order valence-corrected chi connectivity index (χ2v) is 11.3. The SMILES string of the molecule is CC(C)(C)OC(=O)N1CCN(c2ccc(N(Cc3ccccn3)C(=O)c3ccc(-c4ccc(Cl)cc4)o3)cc2)CC1. The Morgan fingerprint density at radius 2 is 1.63 bits per heavy atom. The summed E-state index contributed by atoms with van der Waals surface area (Å²) in [7, 11) is 0. The number of nitrogens with zero attached hydrogens (tertiary/aromatic N) is 4. The lowest BCUT2D eigenvalue weighted by atomic mass is 10.2. The molecule has 8 nitrogen and oxygen atoms in total. The molecule has 1 saturated heterocycles. The van der Waals surface area contributed by atoms with E-state index in [9.17, 15) is 9.59 Å².